The summed E-state index contributed by atoms with van der Waals surface area (Å²) in [6, 6.07) is 3.05. The normalized spacial score (nSPS) is 17.2. The highest BCUT2D eigenvalue weighted by atomic mass is 16.5. The molecular formula is C15H19N3O3. The van der Waals surface area contributed by atoms with E-state index in [4.69, 9.17) is 4.74 Å². The molecule has 112 valence electrons. The predicted molar refractivity (Wildman–Crippen MR) is 78.1 cm³/mol. The molecule has 1 aromatic heterocycles. The molecule has 1 aliphatic rings. The van der Waals surface area contributed by atoms with Gasteiger partial charge in [-0.25, -0.2) is 0 Å². The fraction of sp³-hybridized carbons (Fsp3) is 0.400. The van der Waals surface area contributed by atoms with Gasteiger partial charge in [-0.15, -0.1) is 6.58 Å². The number of nitrogens with zero attached hydrogens (tertiary/aromatic N) is 1. The Hall–Kier alpha value is -2.21. The van der Waals surface area contributed by atoms with Gasteiger partial charge in [-0.2, -0.15) is 0 Å². The molecule has 1 fully saturated rings. The Morgan fingerprint density at radius 2 is 2.29 bits per heavy atom. The van der Waals surface area contributed by atoms with Crippen molar-refractivity contribution in [2.45, 2.75) is 18.9 Å². The van der Waals surface area contributed by atoms with Crippen molar-refractivity contribution < 1.29 is 14.3 Å². The number of carbonyl (C=O) groups is 2. The molecule has 2 rings (SSSR count). The van der Waals surface area contributed by atoms with Gasteiger partial charge in [0.25, 0.3) is 11.8 Å². The summed E-state index contributed by atoms with van der Waals surface area (Å²) in [6.07, 6.45) is 5.11. The first-order valence-electron chi connectivity index (χ1n) is 6.95. The van der Waals surface area contributed by atoms with Gasteiger partial charge in [-0.1, -0.05) is 6.08 Å². The van der Waals surface area contributed by atoms with E-state index in [1.165, 1.54) is 12.3 Å². The van der Waals surface area contributed by atoms with E-state index in [-0.39, 0.29) is 23.6 Å². The van der Waals surface area contributed by atoms with Crippen LogP contribution in [0.5, 0.6) is 0 Å². The fourth-order valence-electron chi connectivity index (χ4n) is 2.07. The van der Waals surface area contributed by atoms with Crippen LogP contribution in [-0.2, 0) is 4.74 Å². The highest BCUT2D eigenvalue weighted by molar-refractivity contribution is 5.98. The van der Waals surface area contributed by atoms with Gasteiger partial charge in [0.1, 0.15) is 5.69 Å². The Morgan fingerprint density at radius 3 is 3.00 bits per heavy atom. The lowest BCUT2D eigenvalue weighted by atomic mass is 10.2. The third-order valence-electron chi connectivity index (χ3n) is 3.18. The molecule has 0 bridgehead atoms. The van der Waals surface area contributed by atoms with Crippen LogP contribution in [-0.4, -0.2) is 42.6 Å². The minimum Gasteiger partial charge on any atom is -0.376 e. The molecule has 1 aromatic rings. The smallest absolute Gasteiger partial charge is 0.270 e. The predicted octanol–water partition coefficient (Wildman–Crippen LogP) is 0.906. The van der Waals surface area contributed by atoms with Crippen molar-refractivity contribution in [2.75, 3.05) is 19.7 Å². The van der Waals surface area contributed by atoms with Crippen molar-refractivity contribution in [1.82, 2.24) is 15.6 Å². The third kappa shape index (κ3) is 4.39. The molecule has 1 aliphatic heterocycles. The maximum Gasteiger partial charge on any atom is 0.270 e. The van der Waals surface area contributed by atoms with Gasteiger partial charge < -0.3 is 15.4 Å². The van der Waals surface area contributed by atoms with Crippen molar-refractivity contribution in [1.29, 1.82) is 0 Å². The lowest BCUT2D eigenvalue weighted by Crippen LogP contribution is -2.32. The Labute approximate surface area is 123 Å². The van der Waals surface area contributed by atoms with Gasteiger partial charge in [0.05, 0.1) is 6.10 Å². The molecule has 0 radical (unpaired) electrons. The summed E-state index contributed by atoms with van der Waals surface area (Å²) < 4.78 is 5.44. The van der Waals surface area contributed by atoms with Crippen LogP contribution in [0.3, 0.4) is 0 Å². The van der Waals surface area contributed by atoms with Crippen LogP contribution in [0.1, 0.15) is 33.7 Å². The van der Waals surface area contributed by atoms with E-state index in [9.17, 15) is 9.59 Å². The lowest BCUT2D eigenvalue weighted by Gasteiger charge is -2.11. The zero-order valence-corrected chi connectivity index (χ0v) is 11.8. The number of aromatic nitrogens is 1. The summed E-state index contributed by atoms with van der Waals surface area (Å²) in [4.78, 5) is 27.8. The molecule has 2 N–H and O–H groups in total. The zero-order valence-electron chi connectivity index (χ0n) is 11.8. The Morgan fingerprint density at radius 1 is 1.43 bits per heavy atom. The minimum absolute atomic E-state index is 0.0890. The van der Waals surface area contributed by atoms with E-state index in [0.29, 0.717) is 18.7 Å². The summed E-state index contributed by atoms with van der Waals surface area (Å²) in [5, 5.41) is 5.43. The van der Waals surface area contributed by atoms with E-state index in [1.807, 2.05) is 0 Å². The average Bonchev–Trinajstić information content (AvgIpc) is 3.03. The van der Waals surface area contributed by atoms with E-state index >= 15 is 0 Å². The second-order valence-corrected chi connectivity index (χ2v) is 4.77. The van der Waals surface area contributed by atoms with E-state index in [2.05, 4.69) is 22.2 Å². The number of carbonyl (C=O) groups excluding carboxylic acids is 2. The zero-order chi connectivity index (χ0) is 15.1. The molecular weight excluding hydrogens is 270 g/mol. The molecule has 0 saturated carbocycles. The van der Waals surface area contributed by atoms with Crippen LogP contribution in [0.15, 0.2) is 31.0 Å². The molecule has 2 heterocycles. The van der Waals surface area contributed by atoms with E-state index in [0.717, 1.165) is 19.4 Å². The highest BCUT2D eigenvalue weighted by Crippen LogP contribution is 2.11. The first-order valence-corrected chi connectivity index (χ1v) is 6.95. The van der Waals surface area contributed by atoms with Gasteiger partial charge in [-0.3, -0.25) is 14.6 Å². The molecule has 0 spiro atoms. The first kappa shape index (κ1) is 15.2. The van der Waals surface area contributed by atoms with Gasteiger partial charge in [0.15, 0.2) is 0 Å². The number of rotatable bonds is 6. The second kappa shape index (κ2) is 7.54. The number of hydrogen-bond acceptors (Lipinski definition) is 4. The van der Waals surface area contributed by atoms with Crippen molar-refractivity contribution in [3.8, 4) is 0 Å². The molecule has 1 atom stereocenters. The van der Waals surface area contributed by atoms with Crippen LogP contribution in [0, 0.1) is 0 Å². The van der Waals surface area contributed by atoms with Gasteiger partial charge in [-0.05, 0) is 25.0 Å². The van der Waals surface area contributed by atoms with Crippen molar-refractivity contribution >= 4 is 11.8 Å². The van der Waals surface area contributed by atoms with Crippen molar-refractivity contribution in [2.24, 2.45) is 0 Å². The molecule has 1 saturated heterocycles. The van der Waals surface area contributed by atoms with Gasteiger partial charge in [0.2, 0.25) is 0 Å². The molecule has 2 amide bonds. The summed E-state index contributed by atoms with van der Waals surface area (Å²) in [7, 11) is 0. The van der Waals surface area contributed by atoms with Crippen LogP contribution < -0.4 is 10.6 Å². The van der Waals surface area contributed by atoms with E-state index in [1.54, 1.807) is 12.1 Å². The first-order chi connectivity index (χ1) is 10.2. The summed E-state index contributed by atoms with van der Waals surface area (Å²) >= 11 is 0. The largest absolute Gasteiger partial charge is 0.376 e. The molecule has 6 heteroatoms. The maximum absolute atomic E-state index is 12.0. The maximum atomic E-state index is 12.0. The number of amides is 2. The molecule has 0 aliphatic carbocycles. The summed E-state index contributed by atoms with van der Waals surface area (Å²) in [5.74, 6) is -0.561. The Bertz CT molecular complexity index is 525. The molecule has 6 nitrogen and oxygen atoms in total. The third-order valence-corrected chi connectivity index (χ3v) is 3.18. The fourth-order valence-corrected chi connectivity index (χ4v) is 2.07. The number of nitrogens with one attached hydrogen (secondary N) is 2. The van der Waals surface area contributed by atoms with Crippen molar-refractivity contribution in [3.05, 3.63) is 42.2 Å². The van der Waals surface area contributed by atoms with Crippen LogP contribution in [0.4, 0.5) is 0 Å². The number of hydrogen-bond donors (Lipinski definition) is 2. The average molecular weight is 289 g/mol. The SMILES string of the molecule is C=CCNC(=O)c1cc(C(=O)NCC2CCCO2)ccn1. The van der Waals surface area contributed by atoms with Crippen LogP contribution in [0.2, 0.25) is 0 Å². The summed E-state index contributed by atoms with van der Waals surface area (Å²) in [6.45, 7) is 5.12. The van der Waals surface area contributed by atoms with Crippen LogP contribution >= 0.6 is 0 Å². The number of ether oxygens (including phenoxy) is 1. The van der Waals surface area contributed by atoms with E-state index < -0.39 is 0 Å². The topological polar surface area (TPSA) is 80.3 Å². The van der Waals surface area contributed by atoms with Gasteiger partial charge in [0, 0.05) is 31.5 Å². The van der Waals surface area contributed by atoms with Gasteiger partial charge >= 0.3 is 0 Å². The quantitative estimate of drug-likeness (QED) is 0.763. The van der Waals surface area contributed by atoms with Crippen LogP contribution in [0.25, 0.3) is 0 Å². The Kier molecular flexibility index (Phi) is 5.45. The summed E-state index contributed by atoms with van der Waals surface area (Å²) in [5.41, 5.74) is 0.619. The second-order valence-electron chi connectivity index (χ2n) is 4.77. The Balaban J connectivity index is 1.93. The molecule has 1 unspecified atom stereocenters. The number of pyridine rings is 1. The lowest BCUT2D eigenvalue weighted by molar-refractivity contribution is 0.0857. The molecule has 21 heavy (non-hydrogen) atoms. The minimum atomic E-state index is -0.330. The standard InChI is InChI=1S/C15H19N3O3/c1-2-6-17-15(20)13-9-11(5-7-16-13)14(19)18-10-12-4-3-8-21-12/h2,5,7,9,12H,1,3-4,6,8,10H2,(H,17,20)(H,18,19). The monoisotopic (exact) mass is 289 g/mol. The molecule has 0 aromatic carbocycles. The van der Waals surface area contributed by atoms with Crippen molar-refractivity contribution in [3.63, 3.8) is 0 Å². The highest BCUT2D eigenvalue weighted by Gasteiger charge is 2.17.